The van der Waals surface area contributed by atoms with Crippen LogP contribution in [0, 0.1) is 12.7 Å². The second-order valence-corrected chi connectivity index (χ2v) is 9.35. The van der Waals surface area contributed by atoms with E-state index in [9.17, 15) is 53.1 Å². The molecule has 0 spiro atoms. The normalized spacial score (nSPS) is 17.0. The second-order valence-electron chi connectivity index (χ2n) is 8.91. The van der Waals surface area contributed by atoms with Gasteiger partial charge in [0.2, 0.25) is 0 Å². The molecule has 234 valence electrons. The van der Waals surface area contributed by atoms with Gasteiger partial charge in [0.15, 0.2) is 6.10 Å². The van der Waals surface area contributed by atoms with Crippen LogP contribution in [0.1, 0.15) is 22.9 Å². The summed E-state index contributed by atoms with van der Waals surface area (Å²) >= 11 is 5.66. The van der Waals surface area contributed by atoms with Crippen molar-refractivity contribution in [3.8, 4) is 5.75 Å². The molecule has 1 saturated heterocycles. The lowest BCUT2D eigenvalue weighted by atomic mass is 10.00. The minimum Gasteiger partial charge on any atom is -0.428 e. The van der Waals surface area contributed by atoms with Crippen LogP contribution in [0.4, 0.5) is 48.3 Å². The highest BCUT2D eigenvalue weighted by molar-refractivity contribution is 6.30. The summed E-state index contributed by atoms with van der Waals surface area (Å²) in [6.07, 6.45) is -23.7. The molecule has 1 aliphatic heterocycles. The molecule has 1 unspecified atom stereocenters. The molecular weight excluding hydrogens is 633 g/mol. The van der Waals surface area contributed by atoms with Gasteiger partial charge in [0.25, 0.3) is 11.5 Å². The van der Waals surface area contributed by atoms with Crippen molar-refractivity contribution in [2.45, 2.75) is 49.6 Å². The van der Waals surface area contributed by atoms with Crippen LogP contribution in [0.15, 0.2) is 66.9 Å². The Morgan fingerprint density at radius 3 is 2.02 bits per heavy atom. The Morgan fingerprint density at radius 1 is 0.977 bits per heavy atom. The van der Waals surface area contributed by atoms with E-state index in [4.69, 9.17) is 11.6 Å². The van der Waals surface area contributed by atoms with Crippen molar-refractivity contribution in [2.75, 3.05) is 0 Å². The van der Waals surface area contributed by atoms with Gasteiger partial charge in [0.1, 0.15) is 11.6 Å². The predicted molar refractivity (Wildman–Crippen MR) is 128 cm³/mol. The number of benzene rings is 2. The van der Waals surface area contributed by atoms with Crippen molar-refractivity contribution in [3.63, 3.8) is 0 Å². The fourth-order valence-electron chi connectivity index (χ4n) is 3.63. The van der Waals surface area contributed by atoms with Crippen LogP contribution in [0.25, 0.3) is 0 Å². The van der Waals surface area contributed by atoms with Crippen molar-refractivity contribution in [2.24, 2.45) is 0 Å². The Labute approximate surface area is 240 Å². The summed E-state index contributed by atoms with van der Waals surface area (Å²) in [5.41, 5.74) is -4.49. The zero-order valence-electron chi connectivity index (χ0n) is 21.3. The van der Waals surface area contributed by atoms with Gasteiger partial charge in [-0.05, 0) is 36.8 Å². The molecule has 1 aromatic heterocycles. The van der Waals surface area contributed by atoms with Gasteiger partial charge in [0.05, 0.1) is 16.8 Å². The first-order chi connectivity index (χ1) is 19.8. The molecule has 2 heterocycles. The van der Waals surface area contributed by atoms with Gasteiger partial charge >= 0.3 is 24.9 Å². The molecule has 0 saturated carbocycles. The molecule has 2 aromatic carbocycles. The molecule has 0 radical (unpaired) electrons. The van der Waals surface area contributed by atoms with Crippen LogP contribution in [0.3, 0.4) is 0 Å². The summed E-state index contributed by atoms with van der Waals surface area (Å²) in [4.78, 5) is 16.1. The highest BCUT2D eigenvalue weighted by Gasteiger charge is 2.88. The van der Waals surface area contributed by atoms with E-state index in [1.54, 1.807) is 5.32 Å². The molecule has 1 aliphatic rings. The van der Waals surface area contributed by atoms with Gasteiger partial charge in [-0.3, -0.25) is 9.78 Å². The van der Waals surface area contributed by atoms with E-state index >= 15 is 0 Å². The number of ether oxygens (including phenoxy) is 2. The summed E-state index contributed by atoms with van der Waals surface area (Å²) in [5, 5.41) is 1.73. The maximum Gasteiger partial charge on any atom is 0.461 e. The molecule has 2 atom stereocenters. The molecule has 3 aromatic rings. The van der Waals surface area contributed by atoms with Gasteiger partial charge in [-0.15, -0.1) is 0 Å². The molecule has 1 N–H and O–H groups in total. The molecule has 1 amide bonds. The molecule has 1 fully saturated rings. The van der Waals surface area contributed by atoms with Crippen molar-refractivity contribution >= 4 is 17.5 Å². The number of carbonyl (C=O) groups is 1. The van der Waals surface area contributed by atoms with Gasteiger partial charge in [0, 0.05) is 12.3 Å². The minimum absolute atomic E-state index is 0.0117. The number of alkyl halides is 10. The lowest BCUT2D eigenvalue weighted by Gasteiger charge is -2.22. The first-order valence-corrected chi connectivity index (χ1v) is 12.1. The number of rotatable bonds is 7. The molecule has 4 rings (SSSR count). The topological polar surface area (TPSA) is 63.8 Å². The summed E-state index contributed by atoms with van der Waals surface area (Å²) in [7, 11) is 0. The molecule has 0 bridgehead atoms. The Bertz CT molecular complexity index is 1390. The summed E-state index contributed by atoms with van der Waals surface area (Å²) < 4.78 is 152. The second kappa shape index (κ2) is 12.5. The van der Waals surface area contributed by atoms with E-state index in [1.807, 2.05) is 18.2 Å². The highest BCUT2D eigenvalue weighted by atomic mass is 35.5. The van der Waals surface area contributed by atoms with E-state index in [1.165, 1.54) is 5.56 Å². The van der Waals surface area contributed by atoms with Gasteiger partial charge in [-0.2, -0.15) is 43.9 Å². The van der Waals surface area contributed by atoms with Gasteiger partial charge in [-0.1, -0.05) is 47.5 Å². The third-order valence-corrected chi connectivity index (χ3v) is 5.93. The van der Waals surface area contributed by atoms with Crippen LogP contribution < -0.4 is 10.1 Å². The van der Waals surface area contributed by atoms with Crippen molar-refractivity contribution in [1.82, 2.24) is 10.3 Å². The van der Waals surface area contributed by atoms with E-state index in [2.05, 4.69) is 33.5 Å². The van der Waals surface area contributed by atoms with Crippen LogP contribution in [-0.2, 0) is 9.53 Å². The Hall–Kier alpha value is -3.66. The van der Waals surface area contributed by atoms with Crippen LogP contribution in [-0.4, -0.2) is 47.5 Å². The lowest BCUT2D eigenvalue weighted by Crippen LogP contribution is -2.51. The van der Waals surface area contributed by atoms with Crippen LogP contribution >= 0.6 is 11.6 Å². The summed E-state index contributed by atoms with van der Waals surface area (Å²) in [6.45, 7) is 2.08. The smallest absolute Gasteiger partial charge is 0.428 e. The number of hydrogen-bond donors (Lipinski definition) is 1. The number of hydrogen-bond acceptors (Lipinski definition) is 4. The van der Waals surface area contributed by atoms with Gasteiger partial charge in [-0.25, -0.2) is 4.39 Å². The molecule has 43 heavy (non-hydrogen) atoms. The first-order valence-electron chi connectivity index (χ1n) is 11.7. The Balaban J connectivity index is 0.000000633. The first kappa shape index (κ1) is 33.8. The monoisotopic (exact) mass is 650 g/mol. The average Bonchev–Trinajstić information content (AvgIpc) is 3.66. The third kappa shape index (κ3) is 7.84. The standard InChI is InChI=1S/C19H10ClF11N2O3.C7H8/c20-8-1-2-11(32-6-8)12(7-3-9(21)5-10(4-7)35-17(24,25)15(22)23)33-14(34)13-16(36-13,18(26,27)28)19(29,30)31;1-7-5-3-2-4-6-7/h1-6,12-13,15H,(H,33,34);2-6H,1H3/t12-,13?;/m0./s1. The van der Waals surface area contributed by atoms with Crippen molar-refractivity contribution in [1.29, 1.82) is 0 Å². The molecule has 0 aliphatic carbocycles. The minimum atomic E-state index is -6.05. The zero-order chi connectivity index (χ0) is 32.4. The van der Waals surface area contributed by atoms with Gasteiger partial charge < -0.3 is 14.8 Å². The number of nitrogens with zero attached hydrogens (tertiary/aromatic N) is 1. The van der Waals surface area contributed by atoms with E-state index in [0.29, 0.717) is 12.1 Å². The van der Waals surface area contributed by atoms with E-state index < -0.39 is 65.7 Å². The molecule has 5 nitrogen and oxygen atoms in total. The zero-order valence-corrected chi connectivity index (χ0v) is 22.0. The number of epoxide rings is 1. The fourth-order valence-corrected chi connectivity index (χ4v) is 3.74. The average molecular weight is 651 g/mol. The number of aromatic nitrogens is 1. The fraction of sp³-hybridized carbons (Fsp3) is 0.308. The van der Waals surface area contributed by atoms with Crippen molar-refractivity contribution < 1.29 is 62.6 Å². The number of aryl methyl sites for hydroxylation is 1. The van der Waals surface area contributed by atoms with Crippen LogP contribution in [0.2, 0.25) is 5.02 Å². The number of amides is 1. The summed E-state index contributed by atoms with van der Waals surface area (Å²) in [5.74, 6) is -4.58. The van der Waals surface area contributed by atoms with E-state index in [-0.39, 0.29) is 16.8 Å². The quantitative estimate of drug-likeness (QED) is 0.212. The number of carbonyl (C=O) groups excluding carboxylic acids is 1. The van der Waals surface area contributed by atoms with E-state index in [0.717, 1.165) is 18.3 Å². The summed E-state index contributed by atoms with van der Waals surface area (Å²) in [6, 6.07) is 11.8. The number of nitrogens with one attached hydrogen (secondary N) is 1. The SMILES string of the molecule is Cc1ccccc1.O=C(N[C@@H](c1cc(F)cc(OC(F)(F)C(F)F)c1)c1ccc(Cl)cn1)C1OC1(C(F)(F)F)C(F)(F)F. The largest absolute Gasteiger partial charge is 0.461 e. The number of pyridine rings is 1. The maximum absolute atomic E-state index is 14.1. The highest BCUT2D eigenvalue weighted by Crippen LogP contribution is 2.59. The lowest BCUT2D eigenvalue weighted by molar-refractivity contribution is -0.292. The predicted octanol–water partition coefficient (Wildman–Crippen LogP) is 7.57. The van der Waals surface area contributed by atoms with Crippen molar-refractivity contribution in [3.05, 3.63) is 94.5 Å². The Kier molecular flexibility index (Phi) is 9.85. The molecule has 17 heteroatoms. The number of halogens is 12. The third-order valence-electron chi connectivity index (χ3n) is 5.70. The Morgan fingerprint density at radius 2 is 1.58 bits per heavy atom. The maximum atomic E-state index is 14.1. The molecular formula is C26H18ClF11N2O3. The van der Waals surface area contributed by atoms with Crippen LogP contribution in [0.5, 0.6) is 5.75 Å².